The molecule has 1 saturated carbocycles. The van der Waals surface area contributed by atoms with E-state index in [1.54, 1.807) is 31.3 Å². The Morgan fingerprint density at radius 3 is 2.48 bits per heavy atom. The molecule has 0 radical (unpaired) electrons. The molecule has 1 aliphatic carbocycles. The Morgan fingerprint density at radius 2 is 1.93 bits per heavy atom. The number of β-amino-alcohol motifs (C(OH)–C–C–N with tert-alkyl or cyclic N) is 1. The minimum Gasteiger partial charge on any atom is -0.496 e. The average molecular weight is 378 g/mol. The number of ether oxygens (including phenoxy) is 3. The van der Waals surface area contributed by atoms with Crippen molar-refractivity contribution in [1.82, 2.24) is 4.90 Å². The number of hydrogen-bond acceptors (Lipinski definition) is 6. The van der Waals surface area contributed by atoms with E-state index in [-0.39, 0.29) is 18.6 Å². The van der Waals surface area contributed by atoms with Crippen LogP contribution in [-0.2, 0) is 16.1 Å². The summed E-state index contributed by atoms with van der Waals surface area (Å²) in [7, 11) is 3.13. The number of nitrogens with zero attached hydrogens (tertiary/aromatic N) is 1. The van der Waals surface area contributed by atoms with E-state index in [1.165, 1.54) is 0 Å². The van der Waals surface area contributed by atoms with Gasteiger partial charge in [0.15, 0.2) is 0 Å². The molecule has 7 nitrogen and oxygen atoms in total. The Hall–Kier alpha value is -1.83. The van der Waals surface area contributed by atoms with Gasteiger partial charge < -0.3 is 30.0 Å². The first-order chi connectivity index (χ1) is 12.7. The van der Waals surface area contributed by atoms with Gasteiger partial charge in [0.2, 0.25) is 5.91 Å². The number of carbonyl (C=O) groups is 1. The number of aliphatic hydroxyl groups is 1. The quantitative estimate of drug-likeness (QED) is 0.808. The Morgan fingerprint density at radius 1 is 1.30 bits per heavy atom. The predicted molar refractivity (Wildman–Crippen MR) is 101 cm³/mol. The van der Waals surface area contributed by atoms with Crippen molar-refractivity contribution in [3.05, 3.63) is 23.3 Å². The number of benzene rings is 1. The third kappa shape index (κ3) is 2.88. The Kier molecular flexibility index (Phi) is 5.14. The summed E-state index contributed by atoms with van der Waals surface area (Å²) in [5, 5.41) is 10.7. The molecule has 27 heavy (non-hydrogen) atoms. The van der Waals surface area contributed by atoms with Crippen LogP contribution in [0, 0.1) is 5.41 Å². The first kappa shape index (κ1) is 19.9. The van der Waals surface area contributed by atoms with Crippen LogP contribution >= 0.6 is 0 Å². The summed E-state index contributed by atoms with van der Waals surface area (Å²) >= 11 is 0. The first-order valence-electron chi connectivity index (χ1n) is 9.32. The van der Waals surface area contributed by atoms with E-state index in [0.29, 0.717) is 36.6 Å². The van der Waals surface area contributed by atoms with Crippen LogP contribution in [0.15, 0.2) is 12.1 Å². The van der Waals surface area contributed by atoms with Crippen LogP contribution in [0.2, 0.25) is 0 Å². The van der Waals surface area contributed by atoms with Gasteiger partial charge in [-0.3, -0.25) is 4.79 Å². The molecule has 1 fully saturated rings. The molecule has 1 heterocycles. The van der Waals surface area contributed by atoms with Crippen molar-refractivity contribution in [2.75, 3.05) is 27.4 Å². The standard InChI is InChI=1S/C20H30N2O5/c1-6-27-16-9-20(21,19(16,2)3)18(24)22-10-12-14(25-4)7-8-15(26-5)17(12)13(23)11-22/h7-8,13,16,23H,6,9-11,21H2,1-5H3. The molecule has 0 spiro atoms. The van der Waals surface area contributed by atoms with Crippen LogP contribution in [0.4, 0.5) is 0 Å². The largest absolute Gasteiger partial charge is 0.496 e. The second kappa shape index (κ2) is 6.96. The van der Waals surface area contributed by atoms with Gasteiger partial charge in [-0.15, -0.1) is 0 Å². The number of methoxy groups -OCH3 is 2. The molecule has 1 amide bonds. The first-order valence-corrected chi connectivity index (χ1v) is 9.32. The van der Waals surface area contributed by atoms with Gasteiger partial charge in [-0.25, -0.2) is 0 Å². The normalized spacial score (nSPS) is 28.9. The fourth-order valence-electron chi connectivity index (χ4n) is 4.31. The van der Waals surface area contributed by atoms with Gasteiger partial charge in [0.1, 0.15) is 23.1 Å². The minimum absolute atomic E-state index is 0.0481. The molecule has 150 valence electrons. The number of rotatable bonds is 5. The summed E-state index contributed by atoms with van der Waals surface area (Å²) in [6.45, 7) is 6.94. The maximum absolute atomic E-state index is 13.3. The van der Waals surface area contributed by atoms with Crippen molar-refractivity contribution in [2.24, 2.45) is 11.1 Å². The highest BCUT2D eigenvalue weighted by atomic mass is 16.5. The van der Waals surface area contributed by atoms with Gasteiger partial charge >= 0.3 is 0 Å². The molecule has 1 aromatic carbocycles. The zero-order valence-electron chi connectivity index (χ0n) is 16.7. The molecule has 3 atom stereocenters. The van der Waals surface area contributed by atoms with E-state index < -0.39 is 17.1 Å². The van der Waals surface area contributed by atoms with Crippen LogP contribution in [-0.4, -0.2) is 54.9 Å². The van der Waals surface area contributed by atoms with Gasteiger partial charge in [0, 0.05) is 36.1 Å². The third-order valence-electron chi connectivity index (χ3n) is 6.29. The Bertz CT molecular complexity index is 735. The van der Waals surface area contributed by atoms with E-state index in [1.807, 2.05) is 20.8 Å². The lowest BCUT2D eigenvalue weighted by atomic mass is 9.54. The van der Waals surface area contributed by atoms with E-state index in [2.05, 4.69) is 0 Å². The number of aliphatic hydroxyl groups excluding tert-OH is 1. The van der Waals surface area contributed by atoms with Crippen LogP contribution in [0.5, 0.6) is 11.5 Å². The topological polar surface area (TPSA) is 94.3 Å². The van der Waals surface area contributed by atoms with Gasteiger partial charge in [-0.05, 0) is 19.1 Å². The lowest BCUT2D eigenvalue weighted by Gasteiger charge is -2.59. The van der Waals surface area contributed by atoms with Gasteiger partial charge in [-0.2, -0.15) is 0 Å². The molecule has 0 aromatic heterocycles. The van der Waals surface area contributed by atoms with Crippen molar-refractivity contribution in [3.8, 4) is 11.5 Å². The van der Waals surface area contributed by atoms with E-state index >= 15 is 0 Å². The number of hydrogen-bond donors (Lipinski definition) is 2. The zero-order valence-corrected chi connectivity index (χ0v) is 16.7. The fraction of sp³-hybridized carbons (Fsp3) is 0.650. The summed E-state index contributed by atoms with van der Waals surface area (Å²) in [5.41, 5.74) is 6.49. The zero-order chi connectivity index (χ0) is 20.0. The molecule has 3 unspecified atom stereocenters. The number of amides is 1. The van der Waals surface area contributed by atoms with Crippen molar-refractivity contribution in [1.29, 1.82) is 0 Å². The maximum atomic E-state index is 13.3. The van der Waals surface area contributed by atoms with Crippen molar-refractivity contribution < 1.29 is 24.1 Å². The Labute approximate surface area is 160 Å². The molecule has 0 saturated heterocycles. The lowest BCUT2D eigenvalue weighted by Crippen LogP contribution is -2.76. The molecular weight excluding hydrogens is 348 g/mol. The van der Waals surface area contributed by atoms with E-state index in [9.17, 15) is 9.90 Å². The van der Waals surface area contributed by atoms with Crippen LogP contribution in [0.1, 0.15) is 44.4 Å². The molecule has 3 rings (SSSR count). The average Bonchev–Trinajstić information content (AvgIpc) is 2.65. The van der Waals surface area contributed by atoms with Crippen LogP contribution in [0.25, 0.3) is 0 Å². The number of carbonyl (C=O) groups excluding carboxylic acids is 1. The lowest BCUT2D eigenvalue weighted by molar-refractivity contribution is -0.181. The summed E-state index contributed by atoms with van der Waals surface area (Å²) in [5.74, 6) is 1.04. The summed E-state index contributed by atoms with van der Waals surface area (Å²) in [6.07, 6.45) is -0.438. The van der Waals surface area contributed by atoms with Crippen molar-refractivity contribution >= 4 is 5.91 Å². The van der Waals surface area contributed by atoms with Crippen LogP contribution in [0.3, 0.4) is 0 Å². The van der Waals surface area contributed by atoms with Crippen molar-refractivity contribution in [3.63, 3.8) is 0 Å². The smallest absolute Gasteiger partial charge is 0.243 e. The highest BCUT2D eigenvalue weighted by Gasteiger charge is 2.64. The SMILES string of the molecule is CCOC1CC(N)(C(=O)N2Cc3c(OC)ccc(OC)c3C(O)C2)C1(C)C. The molecular formula is C20H30N2O5. The highest BCUT2D eigenvalue weighted by Crippen LogP contribution is 2.51. The molecule has 3 N–H and O–H groups in total. The van der Waals surface area contributed by atoms with Gasteiger partial charge in [0.05, 0.1) is 26.9 Å². The minimum atomic E-state index is -1.02. The molecule has 1 aromatic rings. The van der Waals surface area contributed by atoms with Gasteiger partial charge in [-0.1, -0.05) is 13.8 Å². The molecule has 2 aliphatic rings. The third-order valence-corrected chi connectivity index (χ3v) is 6.29. The second-order valence-electron chi connectivity index (χ2n) is 7.90. The molecule has 1 aliphatic heterocycles. The summed E-state index contributed by atoms with van der Waals surface area (Å²) in [6, 6.07) is 3.56. The van der Waals surface area contributed by atoms with Crippen molar-refractivity contribution in [2.45, 2.75) is 51.5 Å². The summed E-state index contributed by atoms with van der Waals surface area (Å²) in [4.78, 5) is 15.0. The van der Waals surface area contributed by atoms with E-state index in [0.717, 1.165) is 5.56 Å². The fourth-order valence-corrected chi connectivity index (χ4v) is 4.31. The number of nitrogens with two attached hydrogens (primary N) is 1. The van der Waals surface area contributed by atoms with E-state index in [4.69, 9.17) is 19.9 Å². The monoisotopic (exact) mass is 378 g/mol. The second-order valence-corrected chi connectivity index (χ2v) is 7.90. The molecule has 7 heteroatoms. The molecule has 0 bridgehead atoms. The summed E-state index contributed by atoms with van der Waals surface area (Å²) < 4.78 is 16.6. The highest BCUT2D eigenvalue weighted by molar-refractivity contribution is 5.89. The maximum Gasteiger partial charge on any atom is 0.243 e. The van der Waals surface area contributed by atoms with Crippen LogP contribution < -0.4 is 15.2 Å². The Balaban J connectivity index is 1.90. The predicted octanol–water partition coefficient (Wildman–Crippen LogP) is 1.61. The van der Waals surface area contributed by atoms with Gasteiger partial charge in [0.25, 0.3) is 0 Å². The number of fused-ring (bicyclic) bond motifs is 1.